The molecule has 0 aliphatic heterocycles. The van der Waals surface area contributed by atoms with Crippen molar-refractivity contribution in [2.45, 2.75) is 38.8 Å². The van der Waals surface area contributed by atoms with Crippen LogP contribution in [0.4, 0.5) is 0 Å². The number of aryl methyl sites for hydroxylation is 1. The van der Waals surface area contributed by atoms with Crippen molar-refractivity contribution < 1.29 is 0 Å². The van der Waals surface area contributed by atoms with E-state index in [1.165, 1.54) is 24.1 Å². The van der Waals surface area contributed by atoms with Crippen molar-refractivity contribution >= 4 is 0 Å². The molecule has 19 heavy (non-hydrogen) atoms. The van der Waals surface area contributed by atoms with Crippen LogP contribution in [0.15, 0.2) is 42.6 Å². The van der Waals surface area contributed by atoms with E-state index in [0.29, 0.717) is 5.92 Å². The van der Waals surface area contributed by atoms with Gasteiger partial charge in [-0.25, -0.2) is 0 Å². The molecule has 1 heterocycles. The molecule has 1 aromatic carbocycles. The van der Waals surface area contributed by atoms with Gasteiger partial charge in [-0.05, 0) is 36.1 Å². The predicted molar refractivity (Wildman–Crippen MR) is 79.3 cm³/mol. The number of rotatable bonds is 6. The SMILES string of the molecule is CCCn1cccc1CNCC1Cc2ccccc21. The maximum atomic E-state index is 3.61. The number of nitrogens with one attached hydrogen (secondary N) is 1. The second-order valence-corrected chi connectivity index (χ2v) is 5.42. The predicted octanol–water partition coefficient (Wildman–Crippen LogP) is 3.33. The number of aromatic nitrogens is 1. The Labute approximate surface area is 115 Å². The lowest BCUT2D eigenvalue weighted by Gasteiger charge is -2.30. The minimum Gasteiger partial charge on any atom is -0.350 e. The lowest BCUT2D eigenvalue weighted by Crippen LogP contribution is -2.29. The van der Waals surface area contributed by atoms with Crippen molar-refractivity contribution in [2.24, 2.45) is 0 Å². The number of hydrogen-bond acceptors (Lipinski definition) is 1. The molecule has 0 saturated heterocycles. The molecule has 0 fully saturated rings. The van der Waals surface area contributed by atoms with Crippen LogP contribution in [0.3, 0.4) is 0 Å². The van der Waals surface area contributed by atoms with Gasteiger partial charge in [0.15, 0.2) is 0 Å². The lowest BCUT2D eigenvalue weighted by atomic mass is 9.77. The second kappa shape index (κ2) is 5.62. The molecular formula is C17H22N2. The molecule has 3 rings (SSSR count). The van der Waals surface area contributed by atoms with Crippen molar-refractivity contribution in [2.75, 3.05) is 6.54 Å². The Kier molecular flexibility index (Phi) is 3.69. The van der Waals surface area contributed by atoms with E-state index in [1.54, 1.807) is 5.56 Å². The first-order chi connectivity index (χ1) is 9.38. The maximum Gasteiger partial charge on any atom is 0.0359 e. The fourth-order valence-electron chi connectivity index (χ4n) is 2.99. The molecule has 1 N–H and O–H groups in total. The zero-order valence-corrected chi connectivity index (χ0v) is 11.6. The first kappa shape index (κ1) is 12.5. The van der Waals surface area contributed by atoms with Gasteiger partial charge in [-0.3, -0.25) is 0 Å². The van der Waals surface area contributed by atoms with Crippen LogP contribution in [0.25, 0.3) is 0 Å². The van der Waals surface area contributed by atoms with Gasteiger partial charge in [-0.1, -0.05) is 31.2 Å². The molecule has 0 spiro atoms. The molecule has 0 bridgehead atoms. The van der Waals surface area contributed by atoms with E-state index < -0.39 is 0 Å². The van der Waals surface area contributed by atoms with E-state index in [0.717, 1.165) is 19.6 Å². The fraction of sp³-hybridized carbons (Fsp3) is 0.412. The number of nitrogens with zero attached hydrogens (tertiary/aromatic N) is 1. The maximum absolute atomic E-state index is 3.61. The van der Waals surface area contributed by atoms with Gasteiger partial charge >= 0.3 is 0 Å². The number of fused-ring (bicyclic) bond motifs is 1. The van der Waals surface area contributed by atoms with E-state index in [1.807, 2.05) is 0 Å². The average Bonchev–Trinajstić information content (AvgIpc) is 2.83. The molecule has 100 valence electrons. The Bertz CT molecular complexity index is 542. The average molecular weight is 254 g/mol. The van der Waals surface area contributed by atoms with Gasteiger partial charge in [0.25, 0.3) is 0 Å². The monoisotopic (exact) mass is 254 g/mol. The van der Waals surface area contributed by atoms with Gasteiger partial charge in [0, 0.05) is 37.4 Å². The van der Waals surface area contributed by atoms with E-state index in [4.69, 9.17) is 0 Å². The third kappa shape index (κ3) is 2.59. The van der Waals surface area contributed by atoms with Crippen molar-refractivity contribution in [1.82, 2.24) is 9.88 Å². The highest BCUT2D eigenvalue weighted by Crippen LogP contribution is 2.33. The van der Waals surface area contributed by atoms with Crippen LogP contribution in [0.2, 0.25) is 0 Å². The summed E-state index contributed by atoms with van der Waals surface area (Å²) in [4.78, 5) is 0. The summed E-state index contributed by atoms with van der Waals surface area (Å²) >= 11 is 0. The van der Waals surface area contributed by atoms with Crippen LogP contribution in [-0.2, 0) is 19.5 Å². The van der Waals surface area contributed by atoms with Crippen molar-refractivity contribution in [3.63, 3.8) is 0 Å². The molecular weight excluding hydrogens is 232 g/mol. The first-order valence-electron chi connectivity index (χ1n) is 7.31. The summed E-state index contributed by atoms with van der Waals surface area (Å²) in [5, 5.41) is 3.61. The highest BCUT2D eigenvalue weighted by molar-refractivity contribution is 5.40. The Morgan fingerprint density at radius 2 is 2.11 bits per heavy atom. The Balaban J connectivity index is 1.51. The molecule has 1 aliphatic carbocycles. The quantitative estimate of drug-likeness (QED) is 0.836. The van der Waals surface area contributed by atoms with Crippen LogP contribution in [-0.4, -0.2) is 11.1 Å². The van der Waals surface area contributed by atoms with Gasteiger partial charge in [0.1, 0.15) is 0 Å². The molecule has 0 radical (unpaired) electrons. The fourth-order valence-corrected chi connectivity index (χ4v) is 2.99. The number of benzene rings is 1. The third-order valence-electron chi connectivity index (χ3n) is 4.05. The molecule has 2 heteroatoms. The van der Waals surface area contributed by atoms with Gasteiger partial charge in [0.05, 0.1) is 0 Å². The van der Waals surface area contributed by atoms with E-state index in [9.17, 15) is 0 Å². The zero-order chi connectivity index (χ0) is 13.1. The molecule has 0 amide bonds. The second-order valence-electron chi connectivity index (χ2n) is 5.42. The summed E-state index contributed by atoms with van der Waals surface area (Å²) in [5.41, 5.74) is 4.47. The van der Waals surface area contributed by atoms with Gasteiger partial charge in [0.2, 0.25) is 0 Å². The topological polar surface area (TPSA) is 17.0 Å². The largest absolute Gasteiger partial charge is 0.350 e. The van der Waals surface area contributed by atoms with Crippen molar-refractivity contribution in [3.05, 3.63) is 59.4 Å². The van der Waals surface area contributed by atoms with Crippen LogP contribution in [0.1, 0.15) is 36.1 Å². The molecule has 1 unspecified atom stereocenters. The zero-order valence-electron chi connectivity index (χ0n) is 11.6. The van der Waals surface area contributed by atoms with Crippen LogP contribution >= 0.6 is 0 Å². The summed E-state index contributed by atoms with van der Waals surface area (Å²) < 4.78 is 2.35. The molecule has 1 aliphatic rings. The highest BCUT2D eigenvalue weighted by Gasteiger charge is 2.24. The molecule has 2 nitrogen and oxygen atoms in total. The molecule has 1 aromatic heterocycles. The van der Waals surface area contributed by atoms with Gasteiger partial charge in [-0.2, -0.15) is 0 Å². The standard InChI is InChI=1S/C17H22N2/c1-2-9-19-10-5-7-16(19)13-18-12-15-11-14-6-3-4-8-17(14)15/h3-8,10,15,18H,2,9,11-13H2,1H3. The summed E-state index contributed by atoms with van der Waals surface area (Å²) in [5.74, 6) is 0.714. The van der Waals surface area contributed by atoms with E-state index in [-0.39, 0.29) is 0 Å². The summed E-state index contributed by atoms with van der Waals surface area (Å²) in [6.45, 7) is 5.42. The van der Waals surface area contributed by atoms with Crippen LogP contribution < -0.4 is 5.32 Å². The summed E-state index contributed by atoms with van der Waals surface area (Å²) in [6.07, 6.45) is 4.61. The highest BCUT2D eigenvalue weighted by atomic mass is 15.0. The Hall–Kier alpha value is -1.54. The lowest BCUT2D eigenvalue weighted by molar-refractivity contribution is 0.521. The minimum atomic E-state index is 0.714. The summed E-state index contributed by atoms with van der Waals surface area (Å²) in [6, 6.07) is 13.2. The smallest absolute Gasteiger partial charge is 0.0359 e. The van der Waals surface area contributed by atoms with Crippen LogP contribution in [0, 0.1) is 0 Å². The summed E-state index contributed by atoms with van der Waals surface area (Å²) in [7, 11) is 0. The van der Waals surface area contributed by atoms with Crippen molar-refractivity contribution in [3.8, 4) is 0 Å². The van der Waals surface area contributed by atoms with Crippen LogP contribution in [0.5, 0.6) is 0 Å². The normalized spacial score (nSPS) is 17.0. The third-order valence-corrected chi connectivity index (χ3v) is 4.05. The Morgan fingerprint density at radius 1 is 1.21 bits per heavy atom. The van der Waals surface area contributed by atoms with Gasteiger partial charge < -0.3 is 9.88 Å². The van der Waals surface area contributed by atoms with Crippen molar-refractivity contribution in [1.29, 1.82) is 0 Å². The van der Waals surface area contributed by atoms with E-state index >= 15 is 0 Å². The van der Waals surface area contributed by atoms with Gasteiger partial charge in [-0.15, -0.1) is 0 Å². The first-order valence-corrected chi connectivity index (χ1v) is 7.31. The number of hydrogen-bond donors (Lipinski definition) is 1. The minimum absolute atomic E-state index is 0.714. The Morgan fingerprint density at radius 3 is 2.95 bits per heavy atom. The molecule has 1 atom stereocenters. The van der Waals surface area contributed by atoms with E-state index in [2.05, 4.69) is 59.4 Å². The molecule has 2 aromatic rings. The molecule has 0 saturated carbocycles.